The van der Waals surface area contributed by atoms with E-state index < -0.39 is 0 Å². The molecular weight excluding hydrogens is 241 g/mol. The van der Waals surface area contributed by atoms with Crippen LogP contribution in [0.15, 0.2) is 0 Å². The molecular formula is C6H10IN3. The van der Waals surface area contributed by atoms with Gasteiger partial charge in [-0.05, 0) is 6.92 Å². The lowest BCUT2D eigenvalue weighted by molar-refractivity contribution is 0.723. The van der Waals surface area contributed by atoms with Crippen LogP contribution in [-0.2, 0) is 13.5 Å². The van der Waals surface area contributed by atoms with E-state index in [1.165, 1.54) is 0 Å². The van der Waals surface area contributed by atoms with Crippen molar-refractivity contribution in [3.05, 3.63) is 11.6 Å². The molecule has 0 saturated carbocycles. The maximum Gasteiger partial charge on any atom is 0.151 e. The van der Waals surface area contributed by atoms with Gasteiger partial charge in [-0.3, -0.25) is 4.68 Å². The Kier molecular flexibility index (Phi) is 2.64. The molecule has 0 aromatic carbocycles. The molecule has 0 radical (unpaired) electrons. The third-order valence-corrected chi connectivity index (χ3v) is 1.88. The monoisotopic (exact) mass is 251 g/mol. The molecule has 3 nitrogen and oxygen atoms in total. The van der Waals surface area contributed by atoms with Crippen LogP contribution in [0.5, 0.6) is 0 Å². The fourth-order valence-electron chi connectivity index (χ4n) is 0.717. The third kappa shape index (κ3) is 1.68. The summed E-state index contributed by atoms with van der Waals surface area (Å²) in [6.45, 7) is 1.96. The van der Waals surface area contributed by atoms with E-state index in [9.17, 15) is 0 Å². The molecule has 56 valence electrons. The molecule has 1 aromatic rings. The lowest BCUT2D eigenvalue weighted by Crippen LogP contribution is -1.93. The fourth-order valence-corrected chi connectivity index (χ4v) is 1.20. The molecule has 0 aliphatic carbocycles. The molecule has 0 N–H and O–H groups in total. The summed E-state index contributed by atoms with van der Waals surface area (Å²) in [6, 6.07) is 0. The van der Waals surface area contributed by atoms with E-state index in [-0.39, 0.29) is 0 Å². The van der Waals surface area contributed by atoms with Crippen LogP contribution < -0.4 is 0 Å². The first-order chi connectivity index (χ1) is 4.74. The molecule has 0 aliphatic heterocycles. The number of hydrogen-bond acceptors (Lipinski definition) is 2. The smallest absolute Gasteiger partial charge is 0.151 e. The molecule has 0 bridgehead atoms. The van der Waals surface area contributed by atoms with Crippen molar-refractivity contribution >= 4 is 22.6 Å². The number of aryl methyl sites for hydroxylation is 3. The van der Waals surface area contributed by atoms with Crippen LogP contribution in [-0.4, -0.2) is 19.2 Å². The first kappa shape index (κ1) is 7.97. The Bertz CT molecular complexity index is 199. The van der Waals surface area contributed by atoms with Crippen LogP contribution >= 0.6 is 22.6 Å². The van der Waals surface area contributed by atoms with Crippen molar-refractivity contribution in [2.45, 2.75) is 13.3 Å². The Morgan fingerprint density at radius 3 is 2.70 bits per heavy atom. The van der Waals surface area contributed by atoms with Gasteiger partial charge < -0.3 is 0 Å². The summed E-state index contributed by atoms with van der Waals surface area (Å²) in [5.41, 5.74) is 0. The SMILES string of the molecule is Cc1nc(CCI)nn1C. The van der Waals surface area contributed by atoms with E-state index >= 15 is 0 Å². The predicted octanol–water partition coefficient (Wildman–Crippen LogP) is 1.10. The Morgan fingerprint density at radius 2 is 2.30 bits per heavy atom. The van der Waals surface area contributed by atoms with Crippen LogP contribution in [0.1, 0.15) is 11.6 Å². The molecule has 4 heteroatoms. The lowest BCUT2D eigenvalue weighted by atomic mass is 10.5. The quantitative estimate of drug-likeness (QED) is 0.582. The van der Waals surface area contributed by atoms with Gasteiger partial charge in [0.05, 0.1) is 0 Å². The van der Waals surface area contributed by atoms with Gasteiger partial charge in [0.1, 0.15) is 5.82 Å². The third-order valence-electron chi connectivity index (χ3n) is 1.34. The van der Waals surface area contributed by atoms with E-state index in [2.05, 4.69) is 32.7 Å². The summed E-state index contributed by atoms with van der Waals surface area (Å²) in [4.78, 5) is 4.25. The molecule has 10 heavy (non-hydrogen) atoms. The first-order valence-electron chi connectivity index (χ1n) is 3.16. The van der Waals surface area contributed by atoms with Gasteiger partial charge in [0, 0.05) is 17.9 Å². The Morgan fingerprint density at radius 1 is 1.60 bits per heavy atom. The van der Waals surface area contributed by atoms with Crippen molar-refractivity contribution in [3.8, 4) is 0 Å². The van der Waals surface area contributed by atoms with Crippen molar-refractivity contribution < 1.29 is 0 Å². The van der Waals surface area contributed by atoms with Crippen LogP contribution in [0.2, 0.25) is 0 Å². The molecule has 1 rings (SSSR count). The molecule has 0 spiro atoms. The summed E-state index contributed by atoms with van der Waals surface area (Å²) in [5, 5.41) is 4.20. The second kappa shape index (κ2) is 3.32. The average molecular weight is 251 g/mol. The minimum Gasteiger partial charge on any atom is -0.253 e. The van der Waals surface area contributed by atoms with E-state index in [1.54, 1.807) is 0 Å². The molecule has 1 aromatic heterocycles. The van der Waals surface area contributed by atoms with Crippen molar-refractivity contribution in [3.63, 3.8) is 0 Å². The number of halogens is 1. The van der Waals surface area contributed by atoms with Gasteiger partial charge in [-0.15, -0.1) is 0 Å². The maximum atomic E-state index is 4.25. The van der Waals surface area contributed by atoms with Crippen LogP contribution in [0, 0.1) is 6.92 Å². The molecule has 0 atom stereocenters. The molecule has 0 fully saturated rings. The van der Waals surface area contributed by atoms with Gasteiger partial charge in [-0.25, -0.2) is 4.98 Å². The summed E-state index contributed by atoms with van der Waals surface area (Å²) in [7, 11) is 1.92. The van der Waals surface area contributed by atoms with Gasteiger partial charge in [0.25, 0.3) is 0 Å². The van der Waals surface area contributed by atoms with Gasteiger partial charge in [0.15, 0.2) is 5.82 Å². The molecule has 1 heterocycles. The summed E-state index contributed by atoms with van der Waals surface area (Å²) < 4.78 is 2.89. The average Bonchev–Trinajstić information content (AvgIpc) is 2.14. The van der Waals surface area contributed by atoms with Gasteiger partial charge in [-0.1, -0.05) is 22.6 Å². The van der Waals surface area contributed by atoms with Crippen LogP contribution in [0.3, 0.4) is 0 Å². The summed E-state index contributed by atoms with van der Waals surface area (Å²) in [6.07, 6.45) is 0.974. The van der Waals surface area contributed by atoms with Gasteiger partial charge >= 0.3 is 0 Å². The second-order valence-electron chi connectivity index (χ2n) is 2.14. The molecule has 0 amide bonds. The van der Waals surface area contributed by atoms with Crippen molar-refractivity contribution in [1.82, 2.24) is 14.8 Å². The van der Waals surface area contributed by atoms with Gasteiger partial charge in [0.2, 0.25) is 0 Å². The minimum atomic E-state index is 0.953. The van der Waals surface area contributed by atoms with E-state index in [0.29, 0.717) is 0 Å². The maximum absolute atomic E-state index is 4.25. The largest absolute Gasteiger partial charge is 0.253 e. The normalized spacial score (nSPS) is 10.3. The lowest BCUT2D eigenvalue weighted by Gasteiger charge is -1.85. The van der Waals surface area contributed by atoms with Crippen molar-refractivity contribution in [2.24, 2.45) is 7.05 Å². The highest BCUT2D eigenvalue weighted by Crippen LogP contribution is 1.97. The number of aromatic nitrogens is 3. The van der Waals surface area contributed by atoms with Gasteiger partial charge in [-0.2, -0.15) is 5.10 Å². The highest BCUT2D eigenvalue weighted by Gasteiger charge is 1.99. The molecule has 0 aliphatic rings. The molecule has 0 unspecified atom stereocenters. The number of nitrogens with zero attached hydrogens (tertiary/aromatic N) is 3. The van der Waals surface area contributed by atoms with Crippen LogP contribution in [0.25, 0.3) is 0 Å². The number of alkyl halides is 1. The zero-order valence-corrected chi connectivity index (χ0v) is 8.29. The second-order valence-corrected chi connectivity index (χ2v) is 3.22. The van der Waals surface area contributed by atoms with E-state index in [1.807, 2.05) is 18.7 Å². The van der Waals surface area contributed by atoms with Crippen LogP contribution in [0.4, 0.5) is 0 Å². The topological polar surface area (TPSA) is 30.7 Å². The summed E-state index contributed by atoms with van der Waals surface area (Å²) in [5.74, 6) is 1.94. The van der Waals surface area contributed by atoms with E-state index in [4.69, 9.17) is 0 Å². The fraction of sp³-hybridized carbons (Fsp3) is 0.667. The zero-order valence-electron chi connectivity index (χ0n) is 6.13. The zero-order chi connectivity index (χ0) is 7.56. The highest BCUT2D eigenvalue weighted by molar-refractivity contribution is 14.1. The minimum absolute atomic E-state index is 0.953. The number of rotatable bonds is 2. The highest BCUT2D eigenvalue weighted by atomic mass is 127. The van der Waals surface area contributed by atoms with Crippen molar-refractivity contribution in [2.75, 3.05) is 4.43 Å². The molecule has 0 saturated heterocycles. The summed E-state index contributed by atoms with van der Waals surface area (Å²) >= 11 is 2.32. The Balaban J connectivity index is 2.77. The predicted molar refractivity (Wildman–Crippen MR) is 48.3 cm³/mol. The Labute approximate surface area is 74.0 Å². The Hall–Kier alpha value is -0.130. The number of hydrogen-bond donors (Lipinski definition) is 0. The van der Waals surface area contributed by atoms with Crippen molar-refractivity contribution in [1.29, 1.82) is 0 Å². The van der Waals surface area contributed by atoms with E-state index in [0.717, 1.165) is 22.5 Å². The first-order valence-corrected chi connectivity index (χ1v) is 4.69. The standard InChI is InChI=1S/C6H10IN3/c1-5-8-6(3-4-7)9-10(5)2/h3-4H2,1-2H3.